The van der Waals surface area contributed by atoms with Crippen molar-refractivity contribution in [2.75, 3.05) is 26.2 Å². The Morgan fingerprint density at radius 2 is 1.62 bits per heavy atom. The molecule has 0 atom stereocenters. The van der Waals surface area contributed by atoms with Crippen LogP contribution in [0.15, 0.2) is 0 Å². The van der Waals surface area contributed by atoms with Crippen LogP contribution in [0.1, 0.15) is 0 Å². The predicted molar refractivity (Wildman–Crippen MR) is 45.7 cm³/mol. The maximum Gasteiger partial charge on any atom is 0.185 e. The maximum atomic E-state index is 2.37. The van der Waals surface area contributed by atoms with Crippen molar-refractivity contribution in [2.24, 2.45) is 0 Å². The van der Waals surface area contributed by atoms with E-state index < -0.39 is 0 Å². The first kappa shape index (κ1) is 6.83. The van der Waals surface area contributed by atoms with Crippen molar-refractivity contribution in [1.29, 1.82) is 0 Å². The first-order chi connectivity index (χ1) is 3.79. The van der Waals surface area contributed by atoms with Crippen LogP contribution in [0.3, 0.4) is 0 Å². The number of hydrogen-bond donors (Lipinski definition) is 0. The van der Waals surface area contributed by atoms with Crippen LogP contribution in [-0.2, 0) is 0 Å². The molecule has 4 heteroatoms. The fraction of sp³-hybridized carbons (Fsp3) is 1.00. The van der Waals surface area contributed by atoms with Crippen LogP contribution >= 0.6 is 22.9 Å². The molecule has 46 valence electrons. The summed E-state index contributed by atoms with van der Waals surface area (Å²) in [6, 6.07) is 0. The van der Waals surface area contributed by atoms with Crippen LogP contribution in [0, 0.1) is 0 Å². The van der Waals surface area contributed by atoms with Gasteiger partial charge in [-0.1, -0.05) is 0 Å². The molecule has 0 radical (unpaired) electrons. The van der Waals surface area contributed by atoms with Gasteiger partial charge in [0.2, 0.25) is 0 Å². The van der Waals surface area contributed by atoms with Gasteiger partial charge >= 0.3 is 0 Å². The monoisotopic (exact) mass is 224 g/mol. The number of nitrogens with zero attached hydrogens (tertiary/aromatic N) is 2. The largest absolute Gasteiger partial charge is 0.346 e. The summed E-state index contributed by atoms with van der Waals surface area (Å²) in [4.78, 5) is 2.36. The highest BCUT2D eigenvalue weighted by Crippen LogP contribution is 2.02. The van der Waals surface area contributed by atoms with Crippen LogP contribution in [0.5, 0.6) is 0 Å². The summed E-state index contributed by atoms with van der Waals surface area (Å²) in [7, 11) is 2.17. The summed E-state index contributed by atoms with van der Waals surface area (Å²) in [5.41, 5.74) is 0. The fourth-order valence-electron chi connectivity index (χ4n) is 0.782. The second-order valence-electron chi connectivity index (χ2n) is 2.21. The van der Waals surface area contributed by atoms with E-state index in [9.17, 15) is 0 Å². The zero-order chi connectivity index (χ0) is 5.98. The molecule has 0 aromatic carbocycles. The van der Waals surface area contributed by atoms with E-state index >= 15 is 0 Å². The highest BCUT2D eigenvalue weighted by atomic mass is 127. The average Bonchev–Trinajstić information content (AvgIpc) is 1.77. The van der Waals surface area contributed by atoms with Gasteiger partial charge in [-0.3, -0.25) is 0 Å². The Hall–Kier alpha value is 0.715. The normalized spacial score (nSPS) is 26.1. The lowest BCUT2D eigenvalue weighted by molar-refractivity contribution is 0.317. The van der Waals surface area contributed by atoms with Crippen LogP contribution in [0.4, 0.5) is 0 Å². The molecule has 1 aliphatic rings. The summed E-state index contributed by atoms with van der Waals surface area (Å²) >= 11 is 2.37. The van der Waals surface area contributed by atoms with Gasteiger partial charge in [0.15, 0.2) is 7.98 Å². The molecular formula is C4H10BIN2. The summed E-state index contributed by atoms with van der Waals surface area (Å²) in [6.45, 7) is 4.89. The van der Waals surface area contributed by atoms with E-state index in [0.29, 0.717) is 0 Å². The Morgan fingerprint density at radius 3 is 2.00 bits per heavy atom. The summed E-state index contributed by atoms with van der Waals surface area (Å²) in [5.74, 6) is 0. The molecule has 1 saturated heterocycles. The average molecular weight is 224 g/mol. The quantitative estimate of drug-likeness (QED) is 0.311. The summed E-state index contributed by atoms with van der Waals surface area (Å²) in [5, 5.41) is 0. The zero-order valence-electron chi connectivity index (χ0n) is 5.10. The van der Waals surface area contributed by atoms with Crippen molar-refractivity contribution >= 4 is 30.8 Å². The van der Waals surface area contributed by atoms with Gasteiger partial charge in [0.1, 0.15) is 0 Å². The third kappa shape index (κ3) is 1.91. The molecule has 1 rings (SSSR count). The molecule has 8 heavy (non-hydrogen) atoms. The van der Waals surface area contributed by atoms with Crippen molar-refractivity contribution in [2.45, 2.75) is 0 Å². The molecule has 0 N–H and O–H groups in total. The third-order valence-corrected chi connectivity index (χ3v) is 2.41. The third-order valence-electron chi connectivity index (χ3n) is 1.45. The number of halogens is 1. The van der Waals surface area contributed by atoms with Crippen LogP contribution in [-0.4, -0.2) is 42.1 Å². The Bertz CT molecular complexity index is 62.4. The van der Waals surface area contributed by atoms with Gasteiger partial charge in [0.25, 0.3) is 0 Å². The molecule has 2 nitrogen and oxygen atoms in total. The number of piperazine rings is 1. The van der Waals surface area contributed by atoms with Gasteiger partial charge in [-0.2, -0.15) is 0 Å². The number of rotatable bonds is 0. The second-order valence-corrected chi connectivity index (χ2v) is 3.58. The molecule has 0 saturated carbocycles. The van der Waals surface area contributed by atoms with Crippen molar-refractivity contribution in [1.82, 2.24) is 7.92 Å². The minimum absolute atomic E-state index is 1.22. The molecule has 1 fully saturated rings. The number of hydrogen-bond acceptors (Lipinski definition) is 2. The van der Waals surface area contributed by atoms with Gasteiger partial charge in [0, 0.05) is 49.0 Å². The van der Waals surface area contributed by atoms with Crippen molar-refractivity contribution in [3.8, 4) is 0 Å². The molecule has 1 aliphatic heterocycles. The second kappa shape index (κ2) is 3.03. The van der Waals surface area contributed by atoms with Crippen molar-refractivity contribution in [3.63, 3.8) is 0 Å². The Kier molecular flexibility index (Phi) is 2.59. The first-order valence-electron chi connectivity index (χ1n) is 2.88. The van der Waals surface area contributed by atoms with Crippen molar-refractivity contribution in [3.05, 3.63) is 0 Å². The van der Waals surface area contributed by atoms with E-state index in [-0.39, 0.29) is 0 Å². The van der Waals surface area contributed by atoms with Gasteiger partial charge in [-0.25, -0.2) is 3.11 Å². The van der Waals surface area contributed by atoms with Gasteiger partial charge < -0.3 is 4.81 Å². The summed E-state index contributed by atoms with van der Waals surface area (Å²) in [6.07, 6.45) is 0. The molecular weight excluding hydrogens is 214 g/mol. The van der Waals surface area contributed by atoms with E-state index in [1.165, 1.54) is 26.2 Å². The molecule has 0 unspecified atom stereocenters. The van der Waals surface area contributed by atoms with E-state index in [2.05, 4.69) is 38.8 Å². The van der Waals surface area contributed by atoms with Gasteiger partial charge in [-0.15, -0.1) is 0 Å². The van der Waals surface area contributed by atoms with Crippen LogP contribution in [0.25, 0.3) is 0 Å². The molecule has 0 spiro atoms. The van der Waals surface area contributed by atoms with Gasteiger partial charge in [0.05, 0.1) is 0 Å². The zero-order valence-corrected chi connectivity index (χ0v) is 7.26. The molecule has 0 aliphatic carbocycles. The predicted octanol–water partition coefficient (Wildman–Crippen LogP) is -0.498. The maximum absolute atomic E-state index is 2.37. The van der Waals surface area contributed by atoms with E-state index in [1.54, 1.807) is 0 Å². The molecule has 0 aromatic heterocycles. The van der Waals surface area contributed by atoms with Crippen LogP contribution in [0.2, 0.25) is 0 Å². The molecule has 1 heterocycles. The standard InChI is InChI=1S/C4H10BIN2/c5-7-1-3-8(6)4-2-7/h1-5H2. The minimum atomic E-state index is 1.22. The van der Waals surface area contributed by atoms with E-state index in [0.717, 1.165) is 0 Å². The van der Waals surface area contributed by atoms with Crippen LogP contribution < -0.4 is 0 Å². The van der Waals surface area contributed by atoms with Gasteiger partial charge in [-0.05, 0) is 0 Å². The van der Waals surface area contributed by atoms with E-state index in [4.69, 9.17) is 0 Å². The highest BCUT2D eigenvalue weighted by Gasteiger charge is 2.08. The lowest BCUT2D eigenvalue weighted by Gasteiger charge is -2.27. The highest BCUT2D eigenvalue weighted by molar-refractivity contribution is 14.1. The summed E-state index contributed by atoms with van der Waals surface area (Å²) < 4.78 is 2.33. The smallest absolute Gasteiger partial charge is 0.185 e. The molecule has 0 bridgehead atoms. The first-order valence-corrected chi connectivity index (χ1v) is 3.85. The molecule has 0 aromatic rings. The Balaban J connectivity index is 2.19. The molecule has 0 amide bonds. The van der Waals surface area contributed by atoms with E-state index in [1.807, 2.05) is 0 Å². The lowest BCUT2D eigenvalue weighted by Crippen LogP contribution is -2.40. The minimum Gasteiger partial charge on any atom is -0.346 e. The lowest BCUT2D eigenvalue weighted by atomic mass is 10.2. The topological polar surface area (TPSA) is 6.48 Å². The van der Waals surface area contributed by atoms with Crippen molar-refractivity contribution < 1.29 is 0 Å². The SMILES string of the molecule is BN1CCN(I)CC1. The Morgan fingerprint density at radius 1 is 1.12 bits per heavy atom. The fourth-order valence-corrected chi connectivity index (χ4v) is 1.21. The Labute approximate surface area is 65.1 Å².